The fourth-order valence-electron chi connectivity index (χ4n) is 4.36. The molecule has 0 saturated heterocycles. The molecule has 0 aliphatic heterocycles. The molecule has 2 aromatic heterocycles. The lowest BCUT2D eigenvalue weighted by Gasteiger charge is -2.34. The summed E-state index contributed by atoms with van der Waals surface area (Å²) in [6.07, 6.45) is -0.222. The van der Waals surface area contributed by atoms with Crippen LogP contribution in [0.15, 0.2) is 18.5 Å². The molecule has 182 valence electrons. The summed E-state index contributed by atoms with van der Waals surface area (Å²) in [7, 11) is 0. The first-order valence-corrected chi connectivity index (χ1v) is 11.1. The van der Waals surface area contributed by atoms with Crippen LogP contribution in [0.2, 0.25) is 0 Å². The van der Waals surface area contributed by atoms with Crippen molar-refractivity contribution in [2.24, 2.45) is 23.0 Å². The summed E-state index contributed by atoms with van der Waals surface area (Å²) in [5.41, 5.74) is 5.51. The molecule has 2 heterocycles. The van der Waals surface area contributed by atoms with Crippen LogP contribution in [-0.2, 0) is 4.79 Å². The van der Waals surface area contributed by atoms with Gasteiger partial charge in [0.1, 0.15) is 0 Å². The summed E-state index contributed by atoms with van der Waals surface area (Å²) in [5, 5.41) is 7.25. The summed E-state index contributed by atoms with van der Waals surface area (Å²) < 4.78 is 67.2. The van der Waals surface area contributed by atoms with Crippen molar-refractivity contribution in [1.82, 2.24) is 19.9 Å². The number of alkyl halides is 5. The van der Waals surface area contributed by atoms with Gasteiger partial charge in [0.25, 0.3) is 0 Å². The second-order valence-corrected chi connectivity index (χ2v) is 10.2. The molecule has 3 N–H and O–H groups in total. The third-order valence-corrected chi connectivity index (χ3v) is 6.66. The van der Waals surface area contributed by atoms with Crippen LogP contribution in [0, 0.1) is 17.3 Å². The molecule has 2 atom stereocenters. The molecule has 2 aliphatic rings. The third kappa shape index (κ3) is 5.28. The number of hydrogen-bond donors (Lipinski definition) is 2. The van der Waals surface area contributed by atoms with E-state index in [2.05, 4.69) is 15.4 Å². The monoisotopic (exact) mass is 473 g/mol. The molecule has 0 bridgehead atoms. The number of halogens is 5. The largest absolute Gasteiger partial charge is 0.394 e. The van der Waals surface area contributed by atoms with Gasteiger partial charge in [-0.25, -0.2) is 18.3 Å². The Morgan fingerprint density at radius 3 is 2.55 bits per heavy atom. The van der Waals surface area contributed by atoms with Crippen LogP contribution in [0.4, 0.5) is 22.0 Å². The topological polar surface area (TPSA) is 85.3 Å². The van der Waals surface area contributed by atoms with Gasteiger partial charge in [-0.1, -0.05) is 13.8 Å². The predicted octanol–water partition coefficient (Wildman–Crippen LogP) is 4.71. The van der Waals surface area contributed by atoms with E-state index < -0.39 is 23.6 Å². The number of carbonyl (C=O) groups is 1. The van der Waals surface area contributed by atoms with E-state index in [0.717, 1.165) is 32.3 Å². The van der Waals surface area contributed by atoms with Crippen molar-refractivity contribution in [3.63, 3.8) is 0 Å². The summed E-state index contributed by atoms with van der Waals surface area (Å²) in [6.45, 7) is 2.21. The molecular formula is C22H28F5N5O. The van der Waals surface area contributed by atoms with Gasteiger partial charge in [0.05, 0.1) is 29.5 Å². The Balaban J connectivity index is 1.47. The van der Waals surface area contributed by atoms with E-state index in [1.807, 2.05) is 0 Å². The quantitative estimate of drug-likeness (QED) is 0.544. The normalized spacial score (nSPS) is 21.0. The maximum Gasteiger partial charge on any atom is 0.394 e. The van der Waals surface area contributed by atoms with E-state index in [-0.39, 0.29) is 49.5 Å². The Hall–Kier alpha value is -2.30. The van der Waals surface area contributed by atoms with Crippen molar-refractivity contribution in [1.29, 1.82) is 0 Å². The van der Waals surface area contributed by atoms with Crippen LogP contribution in [0.3, 0.4) is 0 Å². The Kier molecular flexibility index (Phi) is 5.91. The zero-order valence-corrected chi connectivity index (χ0v) is 18.5. The number of fused-ring (bicyclic) bond motifs is 1. The van der Waals surface area contributed by atoms with E-state index in [4.69, 9.17) is 5.73 Å². The Bertz CT molecular complexity index is 1020. The van der Waals surface area contributed by atoms with Crippen LogP contribution in [0.1, 0.15) is 75.7 Å². The molecule has 33 heavy (non-hydrogen) atoms. The Labute approximate surface area is 188 Å². The van der Waals surface area contributed by atoms with Crippen molar-refractivity contribution >= 4 is 11.6 Å². The second kappa shape index (κ2) is 8.18. The molecule has 2 aromatic rings. The first kappa shape index (κ1) is 23.8. The SMILES string of the molecule is CC(C)(C[C@H](N)c1cn2ncc([C@H](NC(=O)CC3CC(F)(F)C3)C3CC3)cc2n1)C(F)(F)F. The zero-order valence-electron chi connectivity index (χ0n) is 18.5. The average Bonchev–Trinajstić information content (AvgIpc) is 3.40. The van der Waals surface area contributed by atoms with Gasteiger partial charge in [-0.3, -0.25) is 4.79 Å². The highest BCUT2D eigenvalue weighted by Crippen LogP contribution is 2.45. The average molecular weight is 473 g/mol. The van der Waals surface area contributed by atoms with Gasteiger partial charge in [-0.05, 0) is 42.7 Å². The molecule has 0 aromatic carbocycles. The van der Waals surface area contributed by atoms with Crippen molar-refractivity contribution in [3.05, 3.63) is 29.7 Å². The molecule has 2 aliphatic carbocycles. The predicted molar refractivity (Wildman–Crippen MR) is 110 cm³/mol. The molecule has 2 saturated carbocycles. The summed E-state index contributed by atoms with van der Waals surface area (Å²) in [5.74, 6) is -3.01. The minimum Gasteiger partial charge on any atom is -0.349 e. The Morgan fingerprint density at radius 1 is 1.30 bits per heavy atom. The number of rotatable bonds is 8. The van der Waals surface area contributed by atoms with Gasteiger partial charge < -0.3 is 11.1 Å². The fourth-order valence-corrected chi connectivity index (χ4v) is 4.36. The number of hydrogen-bond acceptors (Lipinski definition) is 4. The molecule has 2 fully saturated rings. The number of aromatic nitrogens is 3. The number of carbonyl (C=O) groups excluding carboxylic acids is 1. The van der Waals surface area contributed by atoms with Gasteiger partial charge in [0.15, 0.2) is 5.65 Å². The maximum absolute atomic E-state index is 13.2. The smallest absolute Gasteiger partial charge is 0.349 e. The number of amides is 1. The maximum atomic E-state index is 13.2. The zero-order chi connectivity index (χ0) is 24.2. The molecular weight excluding hydrogens is 445 g/mol. The second-order valence-electron chi connectivity index (χ2n) is 10.2. The highest BCUT2D eigenvalue weighted by Gasteiger charge is 2.48. The van der Waals surface area contributed by atoms with E-state index in [1.165, 1.54) is 10.7 Å². The molecule has 6 nitrogen and oxygen atoms in total. The standard InChI is InChI=1S/C22H28F5N5O/c1-20(2,22(25,26)27)9-15(28)16-11-32-17(30-16)6-14(10-29-32)19(13-3-4-13)31-18(33)5-12-7-21(23,24)8-12/h6,10-13,15,19H,3-5,7-9,28H2,1-2H3,(H,31,33)/t15-,19+/m0/s1. The molecule has 1 amide bonds. The molecule has 0 radical (unpaired) electrons. The first-order chi connectivity index (χ1) is 15.2. The minimum atomic E-state index is -4.39. The highest BCUT2D eigenvalue weighted by atomic mass is 19.4. The van der Waals surface area contributed by atoms with E-state index in [9.17, 15) is 26.7 Å². The summed E-state index contributed by atoms with van der Waals surface area (Å²) >= 11 is 0. The van der Waals surface area contributed by atoms with Gasteiger partial charge in [0.2, 0.25) is 11.8 Å². The molecule has 11 heteroatoms. The molecule has 4 rings (SSSR count). The molecule has 0 spiro atoms. The van der Waals surface area contributed by atoms with E-state index in [0.29, 0.717) is 11.3 Å². The van der Waals surface area contributed by atoms with Gasteiger partial charge in [-0.2, -0.15) is 18.3 Å². The Morgan fingerprint density at radius 2 is 1.97 bits per heavy atom. The summed E-state index contributed by atoms with van der Waals surface area (Å²) in [4.78, 5) is 16.8. The summed E-state index contributed by atoms with van der Waals surface area (Å²) in [6, 6.07) is 0.499. The first-order valence-electron chi connectivity index (χ1n) is 11.1. The van der Waals surface area contributed by atoms with Crippen molar-refractivity contribution in [2.45, 2.75) is 76.6 Å². The third-order valence-electron chi connectivity index (χ3n) is 6.66. The van der Waals surface area contributed by atoms with Crippen LogP contribution in [0.25, 0.3) is 5.65 Å². The lowest BCUT2D eigenvalue weighted by Crippen LogP contribution is -2.39. The number of imidazole rings is 1. The van der Waals surface area contributed by atoms with Crippen LogP contribution >= 0.6 is 0 Å². The van der Waals surface area contributed by atoms with Crippen molar-refractivity contribution < 1.29 is 26.7 Å². The van der Waals surface area contributed by atoms with E-state index in [1.54, 1.807) is 12.3 Å². The lowest BCUT2D eigenvalue weighted by molar-refractivity contribution is -0.215. The number of nitrogens with one attached hydrogen (secondary N) is 1. The van der Waals surface area contributed by atoms with Crippen LogP contribution < -0.4 is 11.1 Å². The molecule has 0 unspecified atom stereocenters. The fraction of sp³-hybridized carbons (Fsp3) is 0.682. The lowest BCUT2D eigenvalue weighted by atomic mass is 9.79. The number of nitrogens with zero attached hydrogens (tertiary/aromatic N) is 3. The van der Waals surface area contributed by atoms with Crippen molar-refractivity contribution in [2.75, 3.05) is 0 Å². The highest BCUT2D eigenvalue weighted by molar-refractivity contribution is 5.77. The van der Waals surface area contributed by atoms with Crippen molar-refractivity contribution in [3.8, 4) is 0 Å². The van der Waals surface area contributed by atoms with Gasteiger partial charge in [0, 0.05) is 25.3 Å². The minimum absolute atomic E-state index is 0.0614. The number of nitrogens with two attached hydrogens (primary N) is 1. The van der Waals surface area contributed by atoms with Gasteiger partial charge >= 0.3 is 6.18 Å². The van der Waals surface area contributed by atoms with Crippen LogP contribution in [0.5, 0.6) is 0 Å². The van der Waals surface area contributed by atoms with Crippen LogP contribution in [-0.4, -0.2) is 32.6 Å². The van der Waals surface area contributed by atoms with E-state index >= 15 is 0 Å². The van der Waals surface area contributed by atoms with Gasteiger partial charge in [-0.15, -0.1) is 0 Å².